The number of methoxy groups -OCH3 is 1. The number of hydrogen-bond donors (Lipinski definition) is 1. The molecule has 0 bridgehead atoms. The number of ether oxygens (including phenoxy) is 1. The number of thioether (sulfide) groups is 1. The Morgan fingerprint density at radius 3 is 2.81 bits per heavy atom. The highest BCUT2D eigenvalue weighted by Crippen LogP contribution is 2.21. The van der Waals surface area contributed by atoms with Crippen molar-refractivity contribution >= 4 is 35.0 Å². The molecule has 88 valence electrons. The van der Waals surface area contributed by atoms with Crippen LogP contribution in [0.25, 0.3) is 0 Å². The second-order valence-electron chi connectivity index (χ2n) is 2.95. The number of carboxylic acids is 1. The predicted octanol–water partition coefficient (Wildman–Crippen LogP) is 2.24. The third-order valence-electron chi connectivity index (χ3n) is 1.79. The van der Waals surface area contributed by atoms with Crippen LogP contribution in [-0.2, 0) is 15.3 Å². The summed E-state index contributed by atoms with van der Waals surface area (Å²) >= 11 is 2.86. The topological polar surface area (TPSA) is 63.6 Å². The van der Waals surface area contributed by atoms with Crippen molar-refractivity contribution in [2.75, 3.05) is 12.9 Å². The van der Waals surface area contributed by atoms with Gasteiger partial charge in [-0.15, -0.1) is 11.3 Å². The van der Waals surface area contributed by atoms with Crippen LogP contribution in [0.1, 0.15) is 21.0 Å². The van der Waals surface area contributed by atoms with Gasteiger partial charge in [-0.2, -0.15) is 11.8 Å². The summed E-state index contributed by atoms with van der Waals surface area (Å²) in [6.45, 7) is 0. The van der Waals surface area contributed by atoms with Gasteiger partial charge in [0.2, 0.25) is 0 Å². The molecule has 0 saturated heterocycles. The summed E-state index contributed by atoms with van der Waals surface area (Å²) in [5, 5.41) is 8.72. The molecule has 0 amide bonds. The summed E-state index contributed by atoms with van der Waals surface area (Å²) in [6, 6.07) is 3.41. The standard InChI is InChI=1S/C10H12O4S2/c1-14-9(11)4-5-15-6-7-2-3-8(16-7)10(12)13/h2-3H,4-6H2,1H3,(H,12,13). The molecule has 0 aromatic carbocycles. The molecular formula is C10H12O4S2. The minimum absolute atomic E-state index is 0.218. The number of carbonyl (C=O) groups is 2. The van der Waals surface area contributed by atoms with Gasteiger partial charge < -0.3 is 9.84 Å². The van der Waals surface area contributed by atoms with Crippen LogP contribution in [0.3, 0.4) is 0 Å². The summed E-state index contributed by atoms with van der Waals surface area (Å²) in [5.74, 6) is 0.308. The van der Waals surface area contributed by atoms with Crippen molar-refractivity contribution in [1.29, 1.82) is 0 Å². The first-order valence-electron chi connectivity index (χ1n) is 4.60. The lowest BCUT2D eigenvalue weighted by Crippen LogP contribution is -2.00. The number of thiophene rings is 1. The highest BCUT2D eigenvalue weighted by Gasteiger charge is 2.07. The van der Waals surface area contributed by atoms with Crippen molar-refractivity contribution in [3.8, 4) is 0 Å². The minimum atomic E-state index is -0.893. The maximum Gasteiger partial charge on any atom is 0.345 e. The largest absolute Gasteiger partial charge is 0.477 e. The van der Waals surface area contributed by atoms with Gasteiger partial charge in [0, 0.05) is 16.4 Å². The molecule has 6 heteroatoms. The Hall–Kier alpha value is -1.01. The van der Waals surface area contributed by atoms with E-state index in [9.17, 15) is 9.59 Å². The molecule has 1 aromatic rings. The lowest BCUT2D eigenvalue weighted by Gasteiger charge is -1.98. The molecule has 0 spiro atoms. The zero-order valence-electron chi connectivity index (χ0n) is 8.76. The van der Waals surface area contributed by atoms with E-state index < -0.39 is 5.97 Å². The molecule has 0 aliphatic heterocycles. The first-order chi connectivity index (χ1) is 7.63. The van der Waals surface area contributed by atoms with Crippen LogP contribution in [-0.4, -0.2) is 29.9 Å². The smallest absolute Gasteiger partial charge is 0.345 e. The summed E-state index contributed by atoms with van der Waals surface area (Å²) in [5.41, 5.74) is 0. The predicted molar refractivity (Wildman–Crippen MR) is 64.1 cm³/mol. The monoisotopic (exact) mass is 260 g/mol. The first kappa shape index (κ1) is 13.1. The highest BCUT2D eigenvalue weighted by molar-refractivity contribution is 7.98. The number of aromatic carboxylic acids is 1. The normalized spacial score (nSPS) is 10.1. The average Bonchev–Trinajstić information content (AvgIpc) is 2.72. The molecule has 0 fully saturated rings. The quantitative estimate of drug-likeness (QED) is 0.627. The zero-order valence-corrected chi connectivity index (χ0v) is 10.4. The van der Waals surface area contributed by atoms with Crippen LogP contribution < -0.4 is 0 Å². The molecule has 0 aliphatic rings. The van der Waals surface area contributed by atoms with E-state index in [4.69, 9.17) is 5.11 Å². The van der Waals surface area contributed by atoms with Gasteiger partial charge in [0.1, 0.15) is 4.88 Å². The Bertz CT molecular complexity index is 373. The maximum absolute atomic E-state index is 10.8. The second kappa shape index (κ2) is 6.55. The molecule has 0 atom stereocenters. The van der Waals surface area contributed by atoms with E-state index in [1.54, 1.807) is 23.9 Å². The minimum Gasteiger partial charge on any atom is -0.477 e. The van der Waals surface area contributed by atoms with Crippen LogP contribution in [0.5, 0.6) is 0 Å². The van der Waals surface area contributed by atoms with Crippen LogP contribution in [0.2, 0.25) is 0 Å². The number of rotatable bonds is 6. The van der Waals surface area contributed by atoms with E-state index in [1.807, 2.05) is 0 Å². The molecule has 16 heavy (non-hydrogen) atoms. The Labute approximate surface area is 102 Å². The van der Waals surface area contributed by atoms with Crippen molar-refractivity contribution in [2.24, 2.45) is 0 Å². The number of carbonyl (C=O) groups excluding carboxylic acids is 1. The third kappa shape index (κ3) is 4.24. The summed E-state index contributed by atoms with van der Waals surface area (Å²) in [4.78, 5) is 22.8. The van der Waals surface area contributed by atoms with Crippen molar-refractivity contribution in [1.82, 2.24) is 0 Å². The van der Waals surface area contributed by atoms with E-state index in [1.165, 1.54) is 18.4 Å². The van der Waals surface area contributed by atoms with E-state index in [-0.39, 0.29) is 5.97 Å². The average molecular weight is 260 g/mol. The molecule has 0 saturated carbocycles. The first-order valence-corrected chi connectivity index (χ1v) is 6.57. The SMILES string of the molecule is COC(=O)CCSCc1ccc(C(=O)O)s1. The van der Waals surface area contributed by atoms with Gasteiger partial charge in [0.05, 0.1) is 13.5 Å². The van der Waals surface area contributed by atoms with E-state index in [0.717, 1.165) is 10.6 Å². The lowest BCUT2D eigenvalue weighted by atomic mass is 10.4. The maximum atomic E-state index is 10.8. The molecule has 0 aliphatic carbocycles. The van der Waals surface area contributed by atoms with Crippen molar-refractivity contribution in [3.05, 3.63) is 21.9 Å². The van der Waals surface area contributed by atoms with Gasteiger partial charge in [-0.3, -0.25) is 4.79 Å². The Morgan fingerprint density at radius 1 is 1.50 bits per heavy atom. The van der Waals surface area contributed by atoms with Gasteiger partial charge in [0.15, 0.2) is 0 Å². The van der Waals surface area contributed by atoms with E-state index >= 15 is 0 Å². The second-order valence-corrected chi connectivity index (χ2v) is 5.22. The van der Waals surface area contributed by atoms with Gasteiger partial charge in [0.25, 0.3) is 0 Å². The molecular weight excluding hydrogens is 248 g/mol. The van der Waals surface area contributed by atoms with Gasteiger partial charge >= 0.3 is 11.9 Å². The third-order valence-corrected chi connectivity index (χ3v) is 4.06. The van der Waals surface area contributed by atoms with Crippen LogP contribution in [0.4, 0.5) is 0 Å². The summed E-state index contributed by atoms with van der Waals surface area (Å²) in [6.07, 6.45) is 0.387. The number of carboxylic acid groups (broad SMARTS) is 1. The van der Waals surface area contributed by atoms with Gasteiger partial charge in [-0.05, 0) is 12.1 Å². The fraction of sp³-hybridized carbons (Fsp3) is 0.400. The lowest BCUT2D eigenvalue weighted by molar-refractivity contribution is -0.140. The summed E-state index contributed by atoms with van der Waals surface area (Å²) in [7, 11) is 1.37. The van der Waals surface area contributed by atoms with Crippen molar-refractivity contribution in [2.45, 2.75) is 12.2 Å². The Kier molecular flexibility index (Phi) is 5.34. The van der Waals surface area contributed by atoms with Gasteiger partial charge in [-0.1, -0.05) is 0 Å². The van der Waals surface area contributed by atoms with Gasteiger partial charge in [-0.25, -0.2) is 4.79 Å². The summed E-state index contributed by atoms with van der Waals surface area (Å²) < 4.78 is 4.51. The van der Waals surface area contributed by atoms with Crippen molar-refractivity contribution < 1.29 is 19.4 Å². The molecule has 0 radical (unpaired) electrons. The van der Waals surface area contributed by atoms with Crippen molar-refractivity contribution in [3.63, 3.8) is 0 Å². The molecule has 1 aromatic heterocycles. The fourth-order valence-electron chi connectivity index (χ4n) is 1.00. The van der Waals surface area contributed by atoms with Crippen LogP contribution in [0, 0.1) is 0 Å². The molecule has 1 heterocycles. The molecule has 4 nitrogen and oxygen atoms in total. The van der Waals surface area contributed by atoms with Crippen LogP contribution >= 0.6 is 23.1 Å². The molecule has 1 rings (SSSR count). The Morgan fingerprint density at radius 2 is 2.25 bits per heavy atom. The Balaban J connectivity index is 2.27. The highest BCUT2D eigenvalue weighted by atomic mass is 32.2. The molecule has 0 unspecified atom stereocenters. The van der Waals surface area contributed by atoms with E-state index in [0.29, 0.717) is 17.1 Å². The van der Waals surface area contributed by atoms with E-state index in [2.05, 4.69) is 4.74 Å². The fourth-order valence-corrected chi connectivity index (χ4v) is 2.88. The zero-order chi connectivity index (χ0) is 12.0. The number of esters is 1. The number of hydrogen-bond acceptors (Lipinski definition) is 5. The van der Waals surface area contributed by atoms with Crippen LogP contribution in [0.15, 0.2) is 12.1 Å². The molecule has 1 N–H and O–H groups in total.